The fourth-order valence-electron chi connectivity index (χ4n) is 2.89. The number of H-pyrrole nitrogens is 1. The van der Waals surface area contributed by atoms with E-state index >= 15 is 0 Å². The Bertz CT molecular complexity index is 726. The minimum atomic E-state index is -0.822. The lowest BCUT2D eigenvalue weighted by Crippen LogP contribution is -2.33. The standard InChI is InChI=1S/C16H16FN3O3/c17-11-4-1-9(2-5-11)14-13(8-18-20-14)15(21)19-12-6-3-10(7-12)16(22)23/h1-2,4-5,8,10,12H,3,6-7H2,(H,18,20)(H,19,21)(H,22,23)/t10-,12+/m1/s1. The molecule has 7 heteroatoms. The summed E-state index contributed by atoms with van der Waals surface area (Å²) in [6.45, 7) is 0. The first kappa shape index (κ1) is 15.2. The highest BCUT2D eigenvalue weighted by molar-refractivity contribution is 5.99. The van der Waals surface area contributed by atoms with Gasteiger partial charge in [0, 0.05) is 11.6 Å². The minimum Gasteiger partial charge on any atom is -0.481 e. The lowest BCUT2D eigenvalue weighted by Gasteiger charge is -2.12. The van der Waals surface area contributed by atoms with Crippen LogP contribution < -0.4 is 5.32 Å². The highest BCUT2D eigenvalue weighted by Crippen LogP contribution is 2.27. The first-order valence-corrected chi connectivity index (χ1v) is 7.37. The van der Waals surface area contributed by atoms with Crippen LogP contribution >= 0.6 is 0 Å². The summed E-state index contributed by atoms with van der Waals surface area (Å²) in [6, 6.07) is 5.60. The Morgan fingerprint density at radius 3 is 2.65 bits per heavy atom. The quantitative estimate of drug-likeness (QED) is 0.805. The number of carboxylic acids is 1. The zero-order chi connectivity index (χ0) is 16.4. The maximum atomic E-state index is 13.0. The number of nitrogens with one attached hydrogen (secondary N) is 2. The smallest absolute Gasteiger partial charge is 0.306 e. The normalized spacial score (nSPS) is 20.4. The molecule has 1 saturated carbocycles. The number of carboxylic acid groups (broad SMARTS) is 1. The van der Waals surface area contributed by atoms with Crippen LogP contribution in [0.3, 0.4) is 0 Å². The Kier molecular flexibility index (Phi) is 4.10. The fourth-order valence-corrected chi connectivity index (χ4v) is 2.89. The number of amides is 1. The monoisotopic (exact) mass is 317 g/mol. The van der Waals surface area contributed by atoms with Crippen LogP contribution in [-0.4, -0.2) is 33.2 Å². The van der Waals surface area contributed by atoms with Crippen LogP contribution in [0.5, 0.6) is 0 Å². The second kappa shape index (κ2) is 6.20. The predicted molar refractivity (Wildman–Crippen MR) is 80.2 cm³/mol. The van der Waals surface area contributed by atoms with Crippen LogP contribution in [0, 0.1) is 11.7 Å². The molecule has 1 aliphatic carbocycles. The Morgan fingerprint density at radius 1 is 1.26 bits per heavy atom. The van der Waals surface area contributed by atoms with Gasteiger partial charge in [-0.1, -0.05) is 0 Å². The molecule has 1 fully saturated rings. The number of hydrogen-bond acceptors (Lipinski definition) is 3. The van der Waals surface area contributed by atoms with E-state index in [1.807, 2.05) is 0 Å². The maximum absolute atomic E-state index is 13.0. The van der Waals surface area contributed by atoms with Gasteiger partial charge in [-0.15, -0.1) is 0 Å². The van der Waals surface area contributed by atoms with Crippen LogP contribution in [0.25, 0.3) is 11.3 Å². The Labute approximate surface area is 131 Å². The third-order valence-corrected chi connectivity index (χ3v) is 4.13. The minimum absolute atomic E-state index is 0.153. The number of rotatable bonds is 4. The molecule has 120 valence electrons. The van der Waals surface area contributed by atoms with E-state index in [4.69, 9.17) is 5.11 Å². The number of aromatic nitrogens is 2. The van der Waals surface area contributed by atoms with Gasteiger partial charge in [-0.3, -0.25) is 14.7 Å². The number of benzene rings is 1. The summed E-state index contributed by atoms with van der Waals surface area (Å²) >= 11 is 0. The van der Waals surface area contributed by atoms with Gasteiger partial charge in [-0.2, -0.15) is 5.10 Å². The number of aliphatic carboxylic acids is 1. The van der Waals surface area contributed by atoms with Gasteiger partial charge >= 0.3 is 5.97 Å². The highest BCUT2D eigenvalue weighted by atomic mass is 19.1. The molecule has 1 amide bonds. The molecule has 3 rings (SSSR count). The summed E-state index contributed by atoms with van der Waals surface area (Å²) in [5, 5.41) is 18.5. The number of carbonyl (C=O) groups excluding carboxylic acids is 1. The molecule has 6 nitrogen and oxygen atoms in total. The molecule has 1 aliphatic rings. The third-order valence-electron chi connectivity index (χ3n) is 4.13. The summed E-state index contributed by atoms with van der Waals surface area (Å²) in [5.41, 5.74) is 1.52. The van der Waals surface area contributed by atoms with Crippen molar-refractivity contribution in [3.8, 4) is 11.3 Å². The van der Waals surface area contributed by atoms with E-state index in [9.17, 15) is 14.0 Å². The molecule has 3 N–H and O–H groups in total. The SMILES string of the molecule is O=C(N[C@H]1CC[C@@H](C(=O)O)C1)c1cn[nH]c1-c1ccc(F)cc1. The zero-order valence-electron chi connectivity index (χ0n) is 12.3. The second-order valence-electron chi connectivity index (χ2n) is 5.68. The van der Waals surface area contributed by atoms with Crippen molar-refractivity contribution in [2.75, 3.05) is 0 Å². The summed E-state index contributed by atoms with van der Waals surface area (Å²) in [6.07, 6.45) is 3.06. The van der Waals surface area contributed by atoms with Crippen LogP contribution in [0.4, 0.5) is 4.39 Å². The number of aromatic amines is 1. The van der Waals surface area contributed by atoms with E-state index in [2.05, 4.69) is 15.5 Å². The summed E-state index contributed by atoms with van der Waals surface area (Å²) in [7, 11) is 0. The van der Waals surface area contributed by atoms with E-state index in [1.165, 1.54) is 18.3 Å². The van der Waals surface area contributed by atoms with E-state index in [1.54, 1.807) is 12.1 Å². The van der Waals surface area contributed by atoms with Crippen LogP contribution in [-0.2, 0) is 4.79 Å². The van der Waals surface area contributed by atoms with Gasteiger partial charge in [0.2, 0.25) is 0 Å². The average Bonchev–Trinajstić information content (AvgIpc) is 3.16. The first-order valence-electron chi connectivity index (χ1n) is 7.37. The van der Waals surface area contributed by atoms with Crippen molar-refractivity contribution in [1.29, 1.82) is 0 Å². The number of halogens is 1. The highest BCUT2D eigenvalue weighted by Gasteiger charge is 2.31. The molecular weight excluding hydrogens is 301 g/mol. The van der Waals surface area contributed by atoms with Gasteiger partial charge in [-0.05, 0) is 43.5 Å². The lowest BCUT2D eigenvalue weighted by molar-refractivity contribution is -0.141. The molecule has 2 atom stereocenters. The summed E-state index contributed by atoms with van der Waals surface area (Å²) in [5.74, 6) is -1.89. The van der Waals surface area contributed by atoms with Gasteiger partial charge in [0.1, 0.15) is 5.82 Å². The van der Waals surface area contributed by atoms with Crippen LogP contribution in [0.2, 0.25) is 0 Å². The lowest BCUT2D eigenvalue weighted by atomic mass is 10.1. The molecule has 0 aliphatic heterocycles. The second-order valence-corrected chi connectivity index (χ2v) is 5.68. The largest absolute Gasteiger partial charge is 0.481 e. The molecule has 0 saturated heterocycles. The van der Waals surface area contributed by atoms with E-state index < -0.39 is 11.9 Å². The molecule has 0 spiro atoms. The van der Waals surface area contributed by atoms with Crippen molar-refractivity contribution < 1.29 is 19.1 Å². The van der Waals surface area contributed by atoms with Gasteiger partial charge in [0.15, 0.2) is 0 Å². The van der Waals surface area contributed by atoms with Gasteiger partial charge in [-0.25, -0.2) is 4.39 Å². The van der Waals surface area contributed by atoms with Crippen molar-refractivity contribution in [1.82, 2.24) is 15.5 Å². The topological polar surface area (TPSA) is 95.1 Å². The number of carbonyl (C=O) groups is 2. The van der Waals surface area contributed by atoms with Crippen LogP contribution in [0.15, 0.2) is 30.5 Å². The maximum Gasteiger partial charge on any atom is 0.306 e. The fraction of sp³-hybridized carbons (Fsp3) is 0.312. The Balaban J connectivity index is 1.73. The molecule has 0 unspecified atom stereocenters. The van der Waals surface area contributed by atoms with Crippen molar-refractivity contribution >= 4 is 11.9 Å². The Morgan fingerprint density at radius 2 is 2.00 bits per heavy atom. The van der Waals surface area contributed by atoms with Crippen molar-refractivity contribution in [2.45, 2.75) is 25.3 Å². The molecule has 1 aromatic carbocycles. The molecule has 0 radical (unpaired) electrons. The molecule has 0 bridgehead atoms. The van der Waals surface area contributed by atoms with E-state index in [-0.39, 0.29) is 17.8 Å². The molecular formula is C16H16FN3O3. The average molecular weight is 317 g/mol. The first-order chi connectivity index (χ1) is 11.0. The van der Waals surface area contributed by atoms with Gasteiger partial charge in [0.05, 0.1) is 23.4 Å². The third kappa shape index (κ3) is 3.23. The van der Waals surface area contributed by atoms with Crippen molar-refractivity contribution in [3.63, 3.8) is 0 Å². The predicted octanol–water partition coefficient (Wildman–Crippen LogP) is 2.20. The van der Waals surface area contributed by atoms with Gasteiger partial charge in [0.25, 0.3) is 5.91 Å². The molecule has 2 aromatic rings. The van der Waals surface area contributed by atoms with E-state index in [0.29, 0.717) is 36.1 Å². The summed E-state index contributed by atoms with van der Waals surface area (Å²) < 4.78 is 13.0. The van der Waals surface area contributed by atoms with E-state index in [0.717, 1.165) is 0 Å². The number of nitrogens with zero attached hydrogens (tertiary/aromatic N) is 1. The zero-order valence-corrected chi connectivity index (χ0v) is 12.3. The number of hydrogen-bond donors (Lipinski definition) is 3. The molecule has 23 heavy (non-hydrogen) atoms. The molecule has 1 aromatic heterocycles. The molecule has 1 heterocycles. The van der Waals surface area contributed by atoms with Crippen molar-refractivity contribution in [2.24, 2.45) is 5.92 Å². The Hall–Kier alpha value is -2.70. The summed E-state index contributed by atoms with van der Waals surface area (Å²) in [4.78, 5) is 23.4. The van der Waals surface area contributed by atoms with Crippen LogP contribution in [0.1, 0.15) is 29.6 Å². The van der Waals surface area contributed by atoms with Gasteiger partial charge < -0.3 is 10.4 Å². The van der Waals surface area contributed by atoms with Crippen molar-refractivity contribution in [3.05, 3.63) is 41.8 Å².